The molecule has 0 aliphatic heterocycles. The maximum absolute atomic E-state index is 13.5. The van der Waals surface area contributed by atoms with Gasteiger partial charge in [0.25, 0.3) is 5.91 Å². The van der Waals surface area contributed by atoms with Crippen molar-refractivity contribution < 1.29 is 14.3 Å². The number of carbonyl (C=O) groups is 1. The Bertz CT molecular complexity index is 643. The van der Waals surface area contributed by atoms with E-state index in [1.54, 1.807) is 13.0 Å². The highest BCUT2D eigenvalue weighted by molar-refractivity contribution is 6.31. The summed E-state index contributed by atoms with van der Waals surface area (Å²) in [5.41, 5.74) is 0.866. The summed E-state index contributed by atoms with van der Waals surface area (Å²) in [6.07, 6.45) is 0. The minimum absolute atomic E-state index is 0.00611. The Kier molecular flexibility index (Phi) is 3.71. The van der Waals surface area contributed by atoms with Crippen LogP contribution in [0, 0.1) is 12.7 Å². The molecule has 2 aromatic carbocycles. The Morgan fingerprint density at radius 1 is 1.26 bits per heavy atom. The van der Waals surface area contributed by atoms with Crippen molar-refractivity contribution in [1.82, 2.24) is 0 Å². The second kappa shape index (κ2) is 5.28. The van der Waals surface area contributed by atoms with E-state index in [1.165, 1.54) is 30.3 Å². The van der Waals surface area contributed by atoms with Gasteiger partial charge in [-0.3, -0.25) is 4.79 Å². The zero-order chi connectivity index (χ0) is 14.0. The summed E-state index contributed by atoms with van der Waals surface area (Å²) in [6.45, 7) is 1.78. The molecule has 0 aliphatic carbocycles. The predicted octanol–water partition coefficient (Wildman–Crippen LogP) is 3.75. The van der Waals surface area contributed by atoms with E-state index in [2.05, 4.69) is 5.32 Å². The fraction of sp³-hybridized carbons (Fsp3) is 0.0714. The van der Waals surface area contributed by atoms with Crippen LogP contribution in [0.2, 0.25) is 5.02 Å². The van der Waals surface area contributed by atoms with Gasteiger partial charge in [0.05, 0.1) is 11.3 Å². The number of halogens is 2. The highest BCUT2D eigenvalue weighted by Gasteiger charge is 2.13. The number of hydrogen-bond donors (Lipinski definition) is 2. The Labute approximate surface area is 114 Å². The van der Waals surface area contributed by atoms with Gasteiger partial charge in [-0.05, 0) is 42.8 Å². The number of aryl methyl sites for hydroxylation is 1. The average Bonchev–Trinajstić information content (AvgIpc) is 2.36. The standard InChI is InChI=1S/C14H11ClFNO2/c1-8-2-4-11(16)12(6-8)17-14(19)10-7-9(15)3-5-13(10)18/h2-7,18H,1H3,(H,17,19). The molecule has 0 aliphatic rings. The molecule has 1 amide bonds. The number of hydrogen-bond acceptors (Lipinski definition) is 2. The summed E-state index contributed by atoms with van der Waals surface area (Å²) < 4.78 is 13.5. The Hall–Kier alpha value is -2.07. The molecule has 0 saturated carbocycles. The van der Waals surface area contributed by atoms with Crippen LogP contribution in [0.4, 0.5) is 10.1 Å². The van der Waals surface area contributed by atoms with Crippen molar-refractivity contribution in [2.45, 2.75) is 6.92 Å². The number of phenolic OH excluding ortho intramolecular Hbond substituents is 1. The number of carbonyl (C=O) groups excluding carboxylic acids is 1. The molecule has 0 saturated heterocycles. The van der Waals surface area contributed by atoms with E-state index in [0.717, 1.165) is 5.56 Å². The van der Waals surface area contributed by atoms with Crippen molar-refractivity contribution in [2.75, 3.05) is 5.32 Å². The Balaban J connectivity index is 2.30. The molecular weight excluding hydrogens is 269 g/mol. The van der Waals surface area contributed by atoms with Crippen molar-refractivity contribution in [2.24, 2.45) is 0 Å². The van der Waals surface area contributed by atoms with Gasteiger partial charge in [-0.25, -0.2) is 4.39 Å². The first-order valence-corrected chi connectivity index (χ1v) is 5.91. The summed E-state index contributed by atoms with van der Waals surface area (Å²) >= 11 is 5.76. The topological polar surface area (TPSA) is 49.3 Å². The summed E-state index contributed by atoms with van der Waals surface area (Å²) in [7, 11) is 0. The van der Waals surface area contributed by atoms with Crippen LogP contribution >= 0.6 is 11.6 Å². The van der Waals surface area contributed by atoms with Crippen LogP contribution in [0.3, 0.4) is 0 Å². The lowest BCUT2D eigenvalue weighted by molar-refractivity contribution is 0.102. The van der Waals surface area contributed by atoms with E-state index in [1.807, 2.05) is 0 Å². The third-order valence-corrected chi connectivity index (χ3v) is 2.81. The molecule has 0 radical (unpaired) electrons. The third-order valence-electron chi connectivity index (χ3n) is 2.57. The van der Waals surface area contributed by atoms with Crippen molar-refractivity contribution >= 4 is 23.2 Å². The van der Waals surface area contributed by atoms with Crippen molar-refractivity contribution in [3.05, 3.63) is 58.4 Å². The third kappa shape index (κ3) is 3.03. The van der Waals surface area contributed by atoms with E-state index in [0.29, 0.717) is 5.02 Å². The van der Waals surface area contributed by atoms with E-state index >= 15 is 0 Å². The van der Waals surface area contributed by atoms with Gasteiger partial charge < -0.3 is 10.4 Å². The maximum atomic E-state index is 13.5. The Morgan fingerprint density at radius 3 is 2.74 bits per heavy atom. The van der Waals surface area contributed by atoms with Gasteiger partial charge >= 0.3 is 0 Å². The van der Waals surface area contributed by atoms with Crippen LogP contribution in [0.1, 0.15) is 15.9 Å². The zero-order valence-electron chi connectivity index (χ0n) is 10.1. The minimum atomic E-state index is -0.621. The van der Waals surface area contributed by atoms with Gasteiger partial charge in [0.2, 0.25) is 0 Å². The SMILES string of the molecule is Cc1ccc(F)c(NC(=O)c2cc(Cl)ccc2O)c1. The van der Waals surface area contributed by atoms with Crippen LogP contribution < -0.4 is 5.32 Å². The van der Waals surface area contributed by atoms with Crippen molar-refractivity contribution in [3.63, 3.8) is 0 Å². The van der Waals surface area contributed by atoms with E-state index < -0.39 is 11.7 Å². The van der Waals surface area contributed by atoms with Gasteiger partial charge in [-0.1, -0.05) is 17.7 Å². The smallest absolute Gasteiger partial charge is 0.259 e. The molecule has 19 heavy (non-hydrogen) atoms. The molecule has 0 unspecified atom stereocenters. The lowest BCUT2D eigenvalue weighted by atomic mass is 10.1. The van der Waals surface area contributed by atoms with Gasteiger partial charge in [0, 0.05) is 5.02 Å². The van der Waals surface area contributed by atoms with E-state index in [4.69, 9.17) is 11.6 Å². The first kappa shape index (κ1) is 13.4. The fourth-order valence-corrected chi connectivity index (χ4v) is 1.79. The molecule has 0 heterocycles. The number of phenols is 1. The molecule has 2 N–H and O–H groups in total. The van der Waals surface area contributed by atoms with Gasteiger partial charge in [0.15, 0.2) is 0 Å². The second-order valence-electron chi connectivity index (χ2n) is 4.10. The number of amides is 1. The first-order valence-electron chi connectivity index (χ1n) is 5.53. The van der Waals surface area contributed by atoms with E-state index in [-0.39, 0.29) is 17.0 Å². The van der Waals surface area contributed by atoms with Crippen LogP contribution in [-0.2, 0) is 0 Å². The lowest BCUT2D eigenvalue weighted by Gasteiger charge is -2.08. The summed E-state index contributed by atoms with van der Waals surface area (Å²) in [5, 5.41) is 12.3. The molecule has 2 aromatic rings. The van der Waals surface area contributed by atoms with Gasteiger partial charge in [-0.15, -0.1) is 0 Å². The maximum Gasteiger partial charge on any atom is 0.259 e. The number of aromatic hydroxyl groups is 1. The summed E-state index contributed by atoms with van der Waals surface area (Å²) in [6, 6.07) is 8.46. The molecule has 98 valence electrons. The number of rotatable bonds is 2. The fourth-order valence-electron chi connectivity index (χ4n) is 1.61. The Morgan fingerprint density at radius 2 is 2.00 bits per heavy atom. The monoisotopic (exact) mass is 279 g/mol. The number of benzene rings is 2. The number of anilines is 1. The average molecular weight is 280 g/mol. The highest BCUT2D eigenvalue weighted by atomic mass is 35.5. The second-order valence-corrected chi connectivity index (χ2v) is 4.54. The predicted molar refractivity (Wildman–Crippen MR) is 72.2 cm³/mol. The lowest BCUT2D eigenvalue weighted by Crippen LogP contribution is -2.13. The summed E-state index contributed by atoms with van der Waals surface area (Å²) in [4.78, 5) is 12.0. The minimum Gasteiger partial charge on any atom is -0.507 e. The van der Waals surface area contributed by atoms with Gasteiger partial charge in [0.1, 0.15) is 11.6 Å². The first-order chi connectivity index (χ1) is 8.97. The molecule has 0 bridgehead atoms. The van der Waals surface area contributed by atoms with E-state index in [9.17, 15) is 14.3 Å². The largest absolute Gasteiger partial charge is 0.507 e. The van der Waals surface area contributed by atoms with Crippen molar-refractivity contribution in [1.29, 1.82) is 0 Å². The molecule has 2 rings (SSSR count). The van der Waals surface area contributed by atoms with Crippen LogP contribution in [0.15, 0.2) is 36.4 Å². The summed E-state index contributed by atoms with van der Waals surface area (Å²) in [5.74, 6) is -1.38. The van der Waals surface area contributed by atoms with Crippen LogP contribution in [-0.4, -0.2) is 11.0 Å². The molecule has 0 spiro atoms. The molecule has 0 atom stereocenters. The molecule has 0 aromatic heterocycles. The highest BCUT2D eigenvalue weighted by Crippen LogP contribution is 2.23. The molecule has 5 heteroatoms. The van der Waals surface area contributed by atoms with Crippen molar-refractivity contribution in [3.8, 4) is 5.75 Å². The zero-order valence-corrected chi connectivity index (χ0v) is 10.8. The van der Waals surface area contributed by atoms with Crippen LogP contribution in [0.25, 0.3) is 0 Å². The molecule has 0 fully saturated rings. The van der Waals surface area contributed by atoms with Crippen LogP contribution in [0.5, 0.6) is 5.75 Å². The molecular formula is C14H11ClFNO2. The molecule has 3 nitrogen and oxygen atoms in total. The van der Waals surface area contributed by atoms with Gasteiger partial charge in [-0.2, -0.15) is 0 Å². The number of nitrogens with one attached hydrogen (secondary N) is 1. The normalized spacial score (nSPS) is 10.3. The quantitative estimate of drug-likeness (QED) is 0.880.